The molecule has 26 heavy (non-hydrogen) atoms. The van der Waals surface area contributed by atoms with E-state index in [1.54, 1.807) is 31.2 Å². The molecule has 134 valence electrons. The number of aryl methyl sites for hydroxylation is 1. The van der Waals surface area contributed by atoms with Crippen LogP contribution in [0.1, 0.15) is 15.2 Å². The van der Waals surface area contributed by atoms with Gasteiger partial charge in [0.1, 0.15) is 10.7 Å². The molecular formula is C18H14FNO4S2. The van der Waals surface area contributed by atoms with Crippen molar-refractivity contribution in [3.05, 3.63) is 70.9 Å². The Balaban J connectivity index is 2.05. The number of halogens is 1. The van der Waals surface area contributed by atoms with Crippen LogP contribution in [-0.2, 0) is 10.0 Å². The molecular weight excluding hydrogens is 377 g/mol. The van der Waals surface area contributed by atoms with Crippen LogP contribution in [0.25, 0.3) is 10.4 Å². The van der Waals surface area contributed by atoms with Gasteiger partial charge in [-0.1, -0.05) is 30.3 Å². The maximum atomic E-state index is 13.4. The molecule has 0 bridgehead atoms. The quantitative estimate of drug-likeness (QED) is 0.677. The van der Waals surface area contributed by atoms with Gasteiger partial charge in [0.15, 0.2) is 0 Å². The van der Waals surface area contributed by atoms with Crippen LogP contribution in [-0.4, -0.2) is 19.5 Å². The van der Waals surface area contributed by atoms with E-state index >= 15 is 0 Å². The van der Waals surface area contributed by atoms with Gasteiger partial charge in [-0.3, -0.25) is 4.72 Å². The van der Waals surface area contributed by atoms with Crippen molar-refractivity contribution in [2.24, 2.45) is 0 Å². The second-order valence-electron chi connectivity index (χ2n) is 5.54. The number of carboxylic acid groups (broad SMARTS) is 1. The summed E-state index contributed by atoms with van der Waals surface area (Å²) in [5.74, 6) is -1.73. The third-order valence-electron chi connectivity index (χ3n) is 3.66. The van der Waals surface area contributed by atoms with Crippen LogP contribution in [0, 0.1) is 12.7 Å². The normalized spacial score (nSPS) is 11.3. The molecule has 2 aromatic carbocycles. The second-order valence-corrected chi connectivity index (χ2v) is 8.24. The fraction of sp³-hybridized carbons (Fsp3) is 0.0556. The molecule has 0 radical (unpaired) electrons. The van der Waals surface area contributed by atoms with Gasteiger partial charge < -0.3 is 5.11 Å². The Morgan fingerprint density at radius 1 is 1.12 bits per heavy atom. The number of thiophene rings is 1. The van der Waals surface area contributed by atoms with Crippen molar-refractivity contribution >= 4 is 33.0 Å². The molecule has 5 nitrogen and oxygen atoms in total. The Hall–Kier alpha value is -2.71. The van der Waals surface area contributed by atoms with Crippen LogP contribution < -0.4 is 4.72 Å². The lowest BCUT2D eigenvalue weighted by molar-refractivity contribution is 0.0703. The summed E-state index contributed by atoms with van der Waals surface area (Å²) < 4.78 is 41.0. The van der Waals surface area contributed by atoms with E-state index in [1.807, 2.05) is 0 Å². The lowest BCUT2D eigenvalue weighted by atomic mass is 10.2. The second kappa shape index (κ2) is 6.89. The third kappa shape index (κ3) is 3.61. The van der Waals surface area contributed by atoms with Crippen LogP contribution in [0.4, 0.5) is 10.1 Å². The van der Waals surface area contributed by atoms with Crippen molar-refractivity contribution < 1.29 is 22.7 Å². The Kier molecular flexibility index (Phi) is 4.80. The number of carboxylic acids is 1. The predicted octanol–water partition coefficient (Wildman–Crippen LogP) is 4.36. The van der Waals surface area contributed by atoms with Gasteiger partial charge in [0.05, 0.1) is 10.6 Å². The van der Waals surface area contributed by atoms with E-state index in [-0.39, 0.29) is 15.5 Å². The molecule has 1 heterocycles. The highest BCUT2D eigenvalue weighted by molar-refractivity contribution is 7.92. The van der Waals surface area contributed by atoms with Crippen molar-refractivity contribution in [2.45, 2.75) is 11.8 Å². The van der Waals surface area contributed by atoms with Crippen molar-refractivity contribution in [3.8, 4) is 10.4 Å². The lowest BCUT2D eigenvalue weighted by Gasteiger charge is -2.09. The molecule has 0 aliphatic heterocycles. The van der Waals surface area contributed by atoms with Gasteiger partial charge >= 0.3 is 5.97 Å². The number of anilines is 1. The fourth-order valence-corrected chi connectivity index (χ4v) is 4.79. The fourth-order valence-electron chi connectivity index (χ4n) is 2.47. The summed E-state index contributed by atoms with van der Waals surface area (Å²) in [7, 11) is -3.96. The molecule has 0 aliphatic rings. The van der Waals surface area contributed by atoms with Crippen LogP contribution in [0.3, 0.4) is 0 Å². The zero-order valence-corrected chi connectivity index (χ0v) is 15.2. The van der Waals surface area contributed by atoms with Crippen LogP contribution in [0.15, 0.2) is 59.5 Å². The Bertz CT molecular complexity index is 1090. The Labute approximate surface area is 153 Å². The van der Waals surface area contributed by atoms with Crippen LogP contribution in [0.5, 0.6) is 0 Å². The molecule has 0 unspecified atom stereocenters. The van der Waals surface area contributed by atoms with Gasteiger partial charge in [-0.15, -0.1) is 11.3 Å². The number of hydrogen-bond acceptors (Lipinski definition) is 4. The highest BCUT2D eigenvalue weighted by atomic mass is 32.2. The van der Waals surface area contributed by atoms with Gasteiger partial charge in [0.2, 0.25) is 0 Å². The van der Waals surface area contributed by atoms with E-state index < -0.39 is 21.8 Å². The zero-order chi connectivity index (χ0) is 18.9. The lowest BCUT2D eigenvalue weighted by Crippen LogP contribution is -2.15. The maximum Gasteiger partial charge on any atom is 0.348 e. The summed E-state index contributed by atoms with van der Waals surface area (Å²) in [5.41, 5.74) is 0.960. The van der Waals surface area contributed by atoms with Gasteiger partial charge in [0, 0.05) is 4.88 Å². The molecule has 2 N–H and O–H groups in total. The molecule has 0 amide bonds. The minimum Gasteiger partial charge on any atom is -0.477 e. The third-order valence-corrected chi connectivity index (χ3v) is 6.36. The zero-order valence-electron chi connectivity index (χ0n) is 13.6. The molecule has 0 saturated heterocycles. The minimum absolute atomic E-state index is 0.0509. The van der Waals surface area contributed by atoms with E-state index in [2.05, 4.69) is 4.72 Å². The smallest absolute Gasteiger partial charge is 0.348 e. The van der Waals surface area contributed by atoms with E-state index in [9.17, 15) is 22.7 Å². The number of nitrogens with one attached hydrogen (secondary N) is 1. The van der Waals surface area contributed by atoms with Gasteiger partial charge in [-0.2, -0.15) is 0 Å². The van der Waals surface area contributed by atoms with Crippen molar-refractivity contribution in [1.29, 1.82) is 0 Å². The molecule has 0 spiro atoms. The number of benzene rings is 2. The van der Waals surface area contributed by atoms with Crippen molar-refractivity contribution in [2.75, 3.05) is 4.72 Å². The van der Waals surface area contributed by atoms with Crippen LogP contribution in [0.2, 0.25) is 0 Å². The van der Waals surface area contributed by atoms with Crippen LogP contribution >= 0.6 is 11.3 Å². The number of hydrogen-bond donors (Lipinski definition) is 2. The standard InChI is InChI=1S/C18H14FNO4S2/c1-11-5-2-3-8-16(11)26(23,24)20-14-10-15(25-17(14)18(21)22)12-6-4-7-13(19)9-12/h2-10,20H,1H3,(H,21,22). The summed E-state index contributed by atoms with van der Waals surface area (Å²) in [6.07, 6.45) is 0. The van der Waals surface area contributed by atoms with Gasteiger partial charge in [-0.05, 0) is 42.3 Å². The predicted molar refractivity (Wildman–Crippen MR) is 98.7 cm³/mol. The molecule has 0 aliphatic carbocycles. The average molecular weight is 391 g/mol. The number of carbonyl (C=O) groups is 1. The highest BCUT2D eigenvalue weighted by Gasteiger charge is 2.23. The highest BCUT2D eigenvalue weighted by Crippen LogP contribution is 2.36. The summed E-state index contributed by atoms with van der Waals surface area (Å²) in [5, 5.41) is 9.40. The van der Waals surface area contributed by atoms with Crippen molar-refractivity contribution in [1.82, 2.24) is 0 Å². The first kappa shape index (κ1) is 18.1. The largest absolute Gasteiger partial charge is 0.477 e. The van der Waals surface area contributed by atoms with E-state index in [0.717, 1.165) is 11.3 Å². The molecule has 0 fully saturated rings. The van der Waals surface area contributed by atoms with Gasteiger partial charge in [0.25, 0.3) is 10.0 Å². The SMILES string of the molecule is Cc1ccccc1S(=O)(=O)Nc1cc(-c2cccc(F)c2)sc1C(=O)O. The monoisotopic (exact) mass is 391 g/mol. The molecule has 0 atom stereocenters. The molecule has 3 rings (SSSR count). The van der Waals surface area contributed by atoms with Crippen molar-refractivity contribution in [3.63, 3.8) is 0 Å². The maximum absolute atomic E-state index is 13.4. The summed E-state index contributed by atoms with van der Waals surface area (Å²) in [4.78, 5) is 11.9. The summed E-state index contributed by atoms with van der Waals surface area (Å²) in [6, 6.07) is 13.5. The first-order chi connectivity index (χ1) is 12.3. The molecule has 8 heteroatoms. The van der Waals surface area contributed by atoms with E-state index in [0.29, 0.717) is 16.0 Å². The molecule has 0 saturated carbocycles. The van der Waals surface area contributed by atoms with E-state index in [4.69, 9.17) is 0 Å². The summed E-state index contributed by atoms with van der Waals surface area (Å²) >= 11 is 0.876. The Morgan fingerprint density at radius 3 is 2.50 bits per heavy atom. The number of sulfonamides is 1. The average Bonchev–Trinajstić information content (AvgIpc) is 2.98. The number of aromatic carboxylic acids is 1. The van der Waals surface area contributed by atoms with E-state index in [1.165, 1.54) is 30.3 Å². The summed E-state index contributed by atoms with van der Waals surface area (Å²) in [6.45, 7) is 1.65. The molecule has 1 aromatic heterocycles. The number of rotatable bonds is 5. The molecule has 3 aromatic rings. The minimum atomic E-state index is -3.96. The van der Waals surface area contributed by atoms with Gasteiger partial charge in [-0.25, -0.2) is 17.6 Å². The first-order valence-electron chi connectivity index (χ1n) is 7.49. The Morgan fingerprint density at radius 2 is 1.85 bits per heavy atom. The first-order valence-corrected chi connectivity index (χ1v) is 9.79. The topological polar surface area (TPSA) is 83.5 Å².